The van der Waals surface area contributed by atoms with Crippen molar-refractivity contribution in [3.63, 3.8) is 0 Å². The Morgan fingerprint density at radius 1 is 1.03 bits per heavy atom. The number of hydrogen-bond acceptors (Lipinski definition) is 7. The summed E-state index contributed by atoms with van der Waals surface area (Å²) in [6.45, 7) is 3.08. The minimum absolute atomic E-state index is 0.0486. The van der Waals surface area contributed by atoms with Gasteiger partial charge in [0.1, 0.15) is 6.10 Å². The van der Waals surface area contributed by atoms with Crippen LogP contribution in [-0.2, 0) is 16.1 Å². The van der Waals surface area contributed by atoms with Crippen molar-refractivity contribution in [2.75, 3.05) is 18.8 Å². The number of aromatic nitrogens is 2. The van der Waals surface area contributed by atoms with E-state index in [1.54, 1.807) is 12.3 Å². The lowest BCUT2D eigenvalue weighted by Gasteiger charge is -2.47. The number of ether oxygens (including phenoxy) is 1. The van der Waals surface area contributed by atoms with E-state index in [1.165, 1.54) is 11.6 Å². The van der Waals surface area contributed by atoms with Crippen LogP contribution < -0.4 is 4.74 Å². The minimum Gasteiger partial charge on any atom is -0.475 e. The maximum absolute atomic E-state index is 13.6. The van der Waals surface area contributed by atoms with Crippen molar-refractivity contribution in [2.45, 2.75) is 36.2 Å². The van der Waals surface area contributed by atoms with Gasteiger partial charge in [0, 0.05) is 55.1 Å². The first-order chi connectivity index (χ1) is 17.1. The first kappa shape index (κ1) is 30.1. The van der Waals surface area contributed by atoms with Crippen LogP contribution in [0.25, 0.3) is 0 Å². The SMILES string of the molecule is Fc1cccnc1OC1CSC2(C1)CN(Cc1ccncc1)C2.O=C(O)C(F)(F)F.O=C(O)C(F)(F)F. The molecular formula is C21H20F7N3O5S. The van der Waals surface area contributed by atoms with Gasteiger partial charge in [-0.25, -0.2) is 19.0 Å². The molecule has 16 heteroatoms. The molecule has 0 saturated carbocycles. The van der Waals surface area contributed by atoms with E-state index in [0.29, 0.717) is 0 Å². The molecule has 2 saturated heterocycles. The smallest absolute Gasteiger partial charge is 0.475 e. The number of pyridine rings is 2. The first-order valence-electron chi connectivity index (χ1n) is 10.2. The van der Waals surface area contributed by atoms with Crippen LogP contribution in [0.15, 0.2) is 42.9 Å². The fraction of sp³-hybridized carbons (Fsp3) is 0.429. The van der Waals surface area contributed by atoms with Crippen LogP contribution >= 0.6 is 11.8 Å². The predicted molar refractivity (Wildman–Crippen MR) is 115 cm³/mol. The van der Waals surface area contributed by atoms with Crippen molar-refractivity contribution >= 4 is 23.7 Å². The molecule has 8 nitrogen and oxygen atoms in total. The largest absolute Gasteiger partial charge is 0.490 e. The molecule has 2 aliphatic rings. The van der Waals surface area contributed by atoms with Crippen molar-refractivity contribution in [2.24, 2.45) is 0 Å². The fourth-order valence-electron chi connectivity index (χ4n) is 3.34. The molecule has 2 fully saturated rings. The Kier molecular flexibility index (Phi) is 10.1. The van der Waals surface area contributed by atoms with Crippen molar-refractivity contribution in [3.8, 4) is 5.88 Å². The number of carboxylic acids is 2. The first-order valence-corrected chi connectivity index (χ1v) is 11.2. The summed E-state index contributed by atoms with van der Waals surface area (Å²) >= 11 is 1.95. The number of hydrogen-bond donors (Lipinski definition) is 2. The van der Waals surface area contributed by atoms with Gasteiger partial charge in [-0.15, -0.1) is 11.8 Å². The van der Waals surface area contributed by atoms with E-state index < -0.39 is 24.3 Å². The molecule has 2 N–H and O–H groups in total. The van der Waals surface area contributed by atoms with Crippen molar-refractivity contribution in [1.29, 1.82) is 0 Å². The maximum Gasteiger partial charge on any atom is 0.490 e. The van der Waals surface area contributed by atoms with Crippen molar-refractivity contribution in [3.05, 3.63) is 54.2 Å². The molecule has 4 rings (SSSR count). The number of halogens is 7. The number of rotatable bonds is 4. The summed E-state index contributed by atoms with van der Waals surface area (Å²) in [5, 5.41) is 14.2. The number of likely N-dealkylation sites (tertiary alicyclic amines) is 1. The monoisotopic (exact) mass is 559 g/mol. The van der Waals surface area contributed by atoms with Crippen LogP contribution in [0.5, 0.6) is 5.88 Å². The molecule has 0 aromatic carbocycles. The van der Waals surface area contributed by atoms with Crippen LogP contribution in [0.1, 0.15) is 12.0 Å². The van der Waals surface area contributed by atoms with Gasteiger partial charge in [0.15, 0.2) is 5.82 Å². The Balaban J connectivity index is 0.000000286. The zero-order valence-corrected chi connectivity index (χ0v) is 19.5. The van der Waals surface area contributed by atoms with Crippen LogP contribution in [-0.4, -0.2) is 79.1 Å². The lowest BCUT2D eigenvalue weighted by molar-refractivity contribution is -0.193. The average Bonchev–Trinajstić information content (AvgIpc) is 3.19. The van der Waals surface area contributed by atoms with E-state index in [0.717, 1.165) is 31.8 Å². The summed E-state index contributed by atoms with van der Waals surface area (Å²) in [4.78, 5) is 28.3. The van der Waals surface area contributed by atoms with Gasteiger partial charge < -0.3 is 14.9 Å². The second kappa shape index (κ2) is 12.4. The quantitative estimate of drug-likeness (QED) is 0.537. The third kappa shape index (κ3) is 9.68. The van der Waals surface area contributed by atoms with Crippen LogP contribution in [0.3, 0.4) is 0 Å². The number of thioether (sulfide) groups is 1. The molecule has 1 spiro atoms. The molecular weight excluding hydrogens is 539 g/mol. The molecule has 4 heterocycles. The molecule has 2 aromatic heterocycles. The number of aliphatic carboxylic acids is 2. The standard InChI is InChI=1S/C17H18FN3OS.2C2HF3O2/c18-15-2-1-5-20-16(15)22-14-8-17(23-10-14)11-21(12-17)9-13-3-6-19-7-4-13;2*3-2(4,5)1(6)7/h1-7,14H,8-12H2;2*(H,6,7). The minimum atomic E-state index is -5.08. The van der Waals surface area contributed by atoms with E-state index in [9.17, 15) is 30.7 Å². The zero-order valence-electron chi connectivity index (χ0n) is 18.7. The van der Waals surface area contributed by atoms with Gasteiger partial charge in [-0.3, -0.25) is 9.88 Å². The van der Waals surface area contributed by atoms with Gasteiger partial charge in [0.2, 0.25) is 0 Å². The van der Waals surface area contributed by atoms with Crippen LogP contribution in [0, 0.1) is 5.82 Å². The molecule has 1 unspecified atom stereocenters. The molecule has 2 aliphatic heterocycles. The van der Waals surface area contributed by atoms with Crippen LogP contribution in [0.2, 0.25) is 0 Å². The summed E-state index contributed by atoms with van der Waals surface area (Å²) in [6.07, 6.45) is -3.93. The normalized spacial score (nSPS) is 18.5. The molecule has 204 valence electrons. The number of nitrogens with zero attached hydrogens (tertiary/aromatic N) is 3. The van der Waals surface area contributed by atoms with Crippen LogP contribution in [0.4, 0.5) is 30.7 Å². The molecule has 2 aromatic rings. The average molecular weight is 559 g/mol. The van der Waals surface area contributed by atoms with E-state index in [-0.39, 0.29) is 22.5 Å². The summed E-state index contributed by atoms with van der Waals surface area (Å²) in [6, 6.07) is 7.08. The maximum atomic E-state index is 13.6. The second-order valence-electron chi connectivity index (χ2n) is 7.83. The third-order valence-electron chi connectivity index (χ3n) is 4.84. The second-order valence-corrected chi connectivity index (χ2v) is 9.32. The predicted octanol–water partition coefficient (Wildman–Crippen LogP) is 4.02. The molecule has 0 amide bonds. The van der Waals surface area contributed by atoms with Gasteiger partial charge in [-0.1, -0.05) is 0 Å². The highest BCUT2D eigenvalue weighted by atomic mass is 32.2. The lowest BCUT2D eigenvalue weighted by Crippen LogP contribution is -2.58. The molecule has 0 aliphatic carbocycles. The van der Waals surface area contributed by atoms with Gasteiger partial charge in [-0.2, -0.15) is 26.3 Å². The summed E-state index contributed by atoms with van der Waals surface area (Å²) in [5.41, 5.74) is 1.29. The Morgan fingerprint density at radius 3 is 2.05 bits per heavy atom. The van der Waals surface area contributed by atoms with Crippen molar-refractivity contribution in [1.82, 2.24) is 14.9 Å². The molecule has 0 bridgehead atoms. The van der Waals surface area contributed by atoms with Gasteiger partial charge in [0.05, 0.1) is 0 Å². The Labute approximate surface area is 209 Å². The Bertz CT molecular complexity index is 1030. The zero-order chi connectivity index (χ0) is 27.9. The number of carbonyl (C=O) groups is 2. The highest BCUT2D eigenvalue weighted by Gasteiger charge is 2.49. The Hall–Kier alpha value is -3.14. The van der Waals surface area contributed by atoms with E-state index in [1.807, 2.05) is 24.2 Å². The van der Waals surface area contributed by atoms with Crippen molar-refractivity contribution < 1.29 is 55.3 Å². The highest BCUT2D eigenvalue weighted by molar-refractivity contribution is 8.01. The van der Waals surface area contributed by atoms with Gasteiger partial charge >= 0.3 is 24.3 Å². The highest BCUT2D eigenvalue weighted by Crippen LogP contribution is 2.46. The summed E-state index contributed by atoms with van der Waals surface area (Å²) in [7, 11) is 0. The Morgan fingerprint density at radius 2 is 1.57 bits per heavy atom. The molecule has 37 heavy (non-hydrogen) atoms. The topological polar surface area (TPSA) is 113 Å². The number of alkyl halides is 6. The lowest BCUT2D eigenvalue weighted by atomic mass is 9.92. The molecule has 1 atom stereocenters. The fourth-order valence-corrected chi connectivity index (χ4v) is 4.92. The third-order valence-corrected chi connectivity index (χ3v) is 6.42. The van der Waals surface area contributed by atoms with Gasteiger partial charge in [-0.05, 0) is 29.8 Å². The van der Waals surface area contributed by atoms with Gasteiger partial charge in [0.25, 0.3) is 5.88 Å². The summed E-state index contributed by atoms with van der Waals surface area (Å²) < 4.78 is 83.1. The number of carboxylic acid groups (broad SMARTS) is 2. The summed E-state index contributed by atoms with van der Waals surface area (Å²) in [5.74, 6) is -4.87. The molecule has 0 radical (unpaired) electrons. The van der Waals surface area contributed by atoms with E-state index in [4.69, 9.17) is 24.5 Å². The van der Waals surface area contributed by atoms with E-state index in [2.05, 4.69) is 27.0 Å². The van der Waals surface area contributed by atoms with E-state index >= 15 is 0 Å².